The van der Waals surface area contributed by atoms with Gasteiger partial charge in [-0.2, -0.15) is 0 Å². The lowest BCUT2D eigenvalue weighted by atomic mass is 10.1. The Morgan fingerprint density at radius 3 is 2.82 bits per heavy atom. The minimum atomic E-state index is -0.283. The molecule has 172 valence electrons. The number of aromatic nitrogens is 2. The third kappa shape index (κ3) is 5.59. The lowest BCUT2D eigenvalue weighted by Crippen LogP contribution is -2.26. The van der Waals surface area contributed by atoms with Crippen LogP contribution in [0.5, 0.6) is 5.75 Å². The number of hydrogen-bond donors (Lipinski definition) is 3. The molecule has 1 saturated carbocycles. The molecule has 8 nitrogen and oxygen atoms in total. The molecule has 0 aliphatic heterocycles. The van der Waals surface area contributed by atoms with Crippen LogP contribution in [0.3, 0.4) is 0 Å². The van der Waals surface area contributed by atoms with Gasteiger partial charge in [0.2, 0.25) is 0 Å². The Balaban J connectivity index is 1.54. The molecule has 8 heteroatoms. The van der Waals surface area contributed by atoms with Gasteiger partial charge in [0.15, 0.2) is 5.82 Å². The standard InChI is InChI=1S/C25H29N5O3/c1-17-7-8-18(24(31)29-20-9-10-20)15-21(17)30-13-11-27-23(25(30)32)28-16-19-5-3-4-6-22(19)33-14-12-26-2/h3-8,11,13,15,20,26H,9-10,12,14,16H2,1-2H3,(H,27,28)(H,29,31). The van der Waals surface area contributed by atoms with Gasteiger partial charge in [-0.15, -0.1) is 0 Å². The Bertz CT molecular complexity index is 1190. The van der Waals surface area contributed by atoms with E-state index < -0.39 is 0 Å². The molecule has 1 amide bonds. The summed E-state index contributed by atoms with van der Waals surface area (Å²) in [6.45, 7) is 3.60. The van der Waals surface area contributed by atoms with Crippen LogP contribution >= 0.6 is 0 Å². The molecule has 1 aromatic heterocycles. The van der Waals surface area contributed by atoms with Crippen LogP contribution in [0.15, 0.2) is 59.7 Å². The molecule has 1 aliphatic rings. The van der Waals surface area contributed by atoms with Crippen LogP contribution < -0.4 is 26.2 Å². The van der Waals surface area contributed by atoms with Crippen molar-refractivity contribution in [3.63, 3.8) is 0 Å². The minimum absolute atomic E-state index is 0.117. The number of anilines is 1. The van der Waals surface area contributed by atoms with Gasteiger partial charge >= 0.3 is 0 Å². The van der Waals surface area contributed by atoms with Crippen LogP contribution in [0, 0.1) is 6.92 Å². The van der Waals surface area contributed by atoms with E-state index in [0.29, 0.717) is 24.4 Å². The maximum Gasteiger partial charge on any atom is 0.297 e. The predicted octanol–water partition coefficient (Wildman–Crippen LogP) is 2.64. The number of para-hydroxylation sites is 1. The third-order valence-electron chi connectivity index (χ3n) is 5.51. The molecule has 1 heterocycles. The maximum absolute atomic E-state index is 13.2. The fraction of sp³-hybridized carbons (Fsp3) is 0.320. The Labute approximate surface area is 193 Å². The number of carbonyl (C=O) groups is 1. The summed E-state index contributed by atoms with van der Waals surface area (Å²) in [5.41, 5.74) is 2.73. The van der Waals surface area contributed by atoms with E-state index in [1.807, 2.05) is 44.3 Å². The molecule has 1 fully saturated rings. The van der Waals surface area contributed by atoms with Crippen molar-refractivity contribution in [3.8, 4) is 11.4 Å². The first-order valence-corrected chi connectivity index (χ1v) is 11.2. The second kappa shape index (κ2) is 10.3. The average molecular weight is 448 g/mol. The van der Waals surface area contributed by atoms with E-state index in [9.17, 15) is 9.59 Å². The van der Waals surface area contributed by atoms with Gasteiger partial charge in [0.25, 0.3) is 11.5 Å². The number of rotatable bonds is 10. The van der Waals surface area contributed by atoms with Gasteiger partial charge in [0.1, 0.15) is 12.4 Å². The second-order valence-electron chi connectivity index (χ2n) is 8.11. The van der Waals surface area contributed by atoms with Gasteiger partial charge in [0, 0.05) is 42.7 Å². The number of nitrogens with zero attached hydrogens (tertiary/aromatic N) is 2. The van der Waals surface area contributed by atoms with Crippen LogP contribution in [-0.4, -0.2) is 41.7 Å². The minimum Gasteiger partial charge on any atom is -0.492 e. The summed E-state index contributed by atoms with van der Waals surface area (Å²) in [5, 5.41) is 9.18. The first-order chi connectivity index (χ1) is 16.1. The van der Waals surface area contributed by atoms with Gasteiger partial charge in [-0.05, 0) is 50.6 Å². The maximum atomic E-state index is 13.2. The fourth-order valence-corrected chi connectivity index (χ4v) is 3.46. The molecule has 0 spiro atoms. The average Bonchev–Trinajstić information content (AvgIpc) is 3.64. The van der Waals surface area contributed by atoms with E-state index in [0.717, 1.165) is 36.3 Å². The number of nitrogens with one attached hydrogen (secondary N) is 3. The van der Waals surface area contributed by atoms with Crippen LogP contribution in [0.4, 0.5) is 5.82 Å². The van der Waals surface area contributed by atoms with E-state index in [4.69, 9.17) is 4.74 Å². The van der Waals surface area contributed by atoms with Crippen LogP contribution in [-0.2, 0) is 6.54 Å². The molecule has 3 N–H and O–H groups in total. The zero-order valence-electron chi connectivity index (χ0n) is 18.9. The van der Waals surface area contributed by atoms with E-state index in [1.165, 1.54) is 4.57 Å². The number of likely N-dealkylation sites (N-methyl/N-ethyl adjacent to an activating group) is 1. The molecule has 0 atom stereocenters. The molecule has 0 radical (unpaired) electrons. The highest BCUT2D eigenvalue weighted by Crippen LogP contribution is 2.21. The second-order valence-corrected chi connectivity index (χ2v) is 8.11. The summed E-state index contributed by atoms with van der Waals surface area (Å²) in [7, 11) is 1.87. The Morgan fingerprint density at radius 2 is 2.03 bits per heavy atom. The van der Waals surface area contributed by atoms with Gasteiger partial charge < -0.3 is 20.7 Å². The highest BCUT2D eigenvalue weighted by Gasteiger charge is 2.24. The molecule has 33 heavy (non-hydrogen) atoms. The Hall–Kier alpha value is -3.65. The van der Waals surface area contributed by atoms with Crippen molar-refractivity contribution in [1.29, 1.82) is 0 Å². The van der Waals surface area contributed by atoms with Gasteiger partial charge in [0.05, 0.1) is 5.69 Å². The fourth-order valence-electron chi connectivity index (χ4n) is 3.46. The lowest BCUT2D eigenvalue weighted by molar-refractivity contribution is 0.0951. The van der Waals surface area contributed by atoms with E-state index in [-0.39, 0.29) is 23.3 Å². The molecule has 1 aliphatic carbocycles. The van der Waals surface area contributed by atoms with Crippen molar-refractivity contribution < 1.29 is 9.53 Å². The number of amides is 1. The van der Waals surface area contributed by atoms with Crippen LogP contribution in [0.2, 0.25) is 0 Å². The lowest BCUT2D eigenvalue weighted by Gasteiger charge is -2.14. The quantitative estimate of drug-likeness (QED) is 0.414. The number of benzene rings is 2. The highest BCUT2D eigenvalue weighted by atomic mass is 16.5. The molecule has 0 unspecified atom stereocenters. The van der Waals surface area contributed by atoms with Crippen molar-refractivity contribution in [2.24, 2.45) is 0 Å². The molecule has 2 aromatic carbocycles. The smallest absolute Gasteiger partial charge is 0.297 e. The van der Waals surface area contributed by atoms with E-state index in [1.54, 1.807) is 24.5 Å². The number of hydrogen-bond acceptors (Lipinski definition) is 6. The summed E-state index contributed by atoms with van der Waals surface area (Å²) in [5.74, 6) is 0.880. The van der Waals surface area contributed by atoms with Crippen molar-refractivity contribution in [2.75, 3.05) is 25.5 Å². The molecule has 0 saturated heterocycles. The molecule has 4 rings (SSSR count). The van der Waals surface area contributed by atoms with Crippen molar-refractivity contribution in [1.82, 2.24) is 20.2 Å². The normalized spacial score (nSPS) is 12.9. The zero-order chi connectivity index (χ0) is 23.2. The summed E-state index contributed by atoms with van der Waals surface area (Å²) >= 11 is 0. The van der Waals surface area contributed by atoms with Crippen molar-refractivity contribution >= 4 is 11.7 Å². The SMILES string of the molecule is CNCCOc1ccccc1CNc1nccn(-c2cc(C(=O)NC3CC3)ccc2C)c1=O. The molecular formula is C25H29N5O3. The zero-order valence-corrected chi connectivity index (χ0v) is 18.9. The van der Waals surface area contributed by atoms with Gasteiger partial charge in [-0.25, -0.2) is 4.98 Å². The Morgan fingerprint density at radius 1 is 1.21 bits per heavy atom. The third-order valence-corrected chi connectivity index (χ3v) is 5.51. The summed E-state index contributed by atoms with van der Waals surface area (Å²) in [6, 6.07) is 13.4. The van der Waals surface area contributed by atoms with Gasteiger partial charge in [-0.1, -0.05) is 24.3 Å². The van der Waals surface area contributed by atoms with E-state index >= 15 is 0 Å². The number of aryl methyl sites for hydroxylation is 1. The first kappa shape index (κ1) is 22.5. The number of carbonyl (C=O) groups excluding carboxylic acids is 1. The highest BCUT2D eigenvalue weighted by molar-refractivity contribution is 5.95. The van der Waals surface area contributed by atoms with Crippen LogP contribution in [0.25, 0.3) is 5.69 Å². The molecular weight excluding hydrogens is 418 g/mol. The van der Waals surface area contributed by atoms with Crippen molar-refractivity contribution in [3.05, 3.63) is 81.9 Å². The van der Waals surface area contributed by atoms with Crippen molar-refractivity contribution in [2.45, 2.75) is 32.4 Å². The molecule has 3 aromatic rings. The first-order valence-electron chi connectivity index (χ1n) is 11.2. The topological polar surface area (TPSA) is 97.3 Å². The van der Waals surface area contributed by atoms with Crippen LogP contribution in [0.1, 0.15) is 34.3 Å². The summed E-state index contributed by atoms with van der Waals surface area (Å²) in [4.78, 5) is 29.9. The predicted molar refractivity (Wildman–Crippen MR) is 128 cm³/mol. The number of ether oxygens (including phenoxy) is 1. The Kier molecular flexibility index (Phi) is 7.04. The largest absolute Gasteiger partial charge is 0.492 e. The monoisotopic (exact) mass is 447 g/mol. The molecule has 0 bridgehead atoms. The summed E-state index contributed by atoms with van der Waals surface area (Å²) < 4.78 is 7.35. The van der Waals surface area contributed by atoms with Gasteiger partial charge in [-0.3, -0.25) is 14.2 Å². The van der Waals surface area contributed by atoms with E-state index in [2.05, 4.69) is 20.9 Å². The summed E-state index contributed by atoms with van der Waals surface area (Å²) in [6.07, 6.45) is 5.24.